The number of aromatic amines is 1. The first-order chi connectivity index (χ1) is 13.5. The highest BCUT2D eigenvalue weighted by Gasteiger charge is 2.25. The van der Waals surface area contributed by atoms with Gasteiger partial charge in [0, 0.05) is 19.8 Å². The first-order valence-corrected chi connectivity index (χ1v) is 9.27. The predicted octanol–water partition coefficient (Wildman–Crippen LogP) is 2.08. The second kappa shape index (κ2) is 7.43. The van der Waals surface area contributed by atoms with Crippen LogP contribution in [0.1, 0.15) is 35.1 Å². The van der Waals surface area contributed by atoms with Crippen molar-refractivity contribution < 1.29 is 4.79 Å². The van der Waals surface area contributed by atoms with E-state index in [1.54, 1.807) is 11.0 Å². The average Bonchev–Trinajstić information content (AvgIpc) is 3.42. The van der Waals surface area contributed by atoms with Gasteiger partial charge in [-0.05, 0) is 50.7 Å². The Morgan fingerprint density at radius 1 is 1.32 bits per heavy atom. The van der Waals surface area contributed by atoms with Gasteiger partial charge in [0.05, 0.1) is 17.4 Å². The molecule has 3 heterocycles. The highest BCUT2D eigenvalue weighted by Crippen LogP contribution is 2.29. The van der Waals surface area contributed by atoms with Crippen LogP contribution >= 0.6 is 0 Å². The number of H-pyrrole nitrogens is 1. The smallest absolute Gasteiger partial charge is 0.276 e. The summed E-state index contributed by atoms with van der Waals surface area (Å²) in [5.41, 5.74) is 2.86. The summed E-state index contributed by atoms with van der Waals surface area (Å²) in [6.45, 7) is 1.07. The Morgan fingerprint density at radius 2 is 2.18 bits per heavy atom. The maximum absolute atomic E-state index is 12.6. The van der Waals surface area contributed by atoms with Crippen LogP contribution in [0.25, 0.3) is 5.69 Å². The summed E-state index contributed by atoms with van der Waals surface area (Å²) < 4.78 is 1.67. The Balaban J connectivity index is 1.48. The van der Waals surface area contributed by atoms with Gasteiger partial charge in [0.2, 0.25) is 5.95 Å². The quantitative estimate of drug-likeness (QED) is 0.704. The molecule has 28 heavy (non-hydrogen) atoms. The topological polar surface area (TPSA) is 95.0 Å². The number of nitrogens with one attached hydrogen (secondary N) is 2. The van der Waals surface area contributed by atoms with Gasteiger partial charge in [-0.15, -0.1) is 5.10 Å². The first-order valence-electron chi connectivity index (χ1n) is 9.27. The predicted molar refractivity (Wildman–Crippen MR) is 107 cm³/mol. The van der Waals surface area contributed by atoms with E-state index in [0.717, 1.165) is 30.8 Å². The van der Waals surface area contributed by atoms with Gasteiger partial charge < -0.3 is 10.2 Å². The number of aromatic nitrogens is 5. The van der Waals surface area contributed by atoms with Crippen molar-refractivity contribution in [1.29, 1.82) is 0 Å². The van der Waals surface area contributed by atoms with E-state index in [9.17, 15) is 4.79 Å². The fourth-order valence-electron chi connectivity index (χ4n) is 3.43. The molecule has 2 aromatic heterocycles. The molecule has 1 amide bonds. The zero-order valence-corrected chi connectivity index (χ0v) is 16.3. The molecule has 2 N–H and O–H groups in total. The summed E-state index contributed by atoms with van der Waals surface area (Å²) >= 11 is 0. The van der Waals surface area contributed by atoms with Crippen molar-refractivity contribution in [2.75, 3.05) is 37.9 Å². The van der Waals surface area contributed by atoms with Crippen molar-refractivity contribution in [1.82, 2.24) is 29.9 Å². The van der Waals surface area contributed by atoms with E-state index in [-0.39, 0.29) is 5.91 Å². The second-order valence-electron chi connectivity index (χ2n) is 7.24. The molecule has 146 valence electrons. The standard InChI is InChI=1S/C19H24N8O/c1-25(2)19-20-12-27(24-19)14-7-4-6-13(10-14)21-18(28)16-11-15(22-23-16)17-8-5-9-26(17)3/h4,6-7,10-12,17H,5,8-9H2,1-3H3,(H,21,28)(H,22,23). The van der Waals surface area contributed by atoms with E-state index in [0.29, 0.717) is 23.4 Å². The number of nitrogens with zero attached hydrogens (tertiary/aromatic N) is 6. The van der Waals surface area contributed by atoms with Gasteiger partial charge in [-0.2, -0.15) is 10.1 Å². The summed E-state index contributed by atoms with van der Waals surface area (Å²) in [6.07, 6.45) is 3.88. The van der Waals surface area contributed by atoms with Crippen molar-refractivity contribution in [3.63, 3.8) is 0 Å². The minimum absolute atomic E-state index is 0.243. The van der Waals surface area contributed by atoms with E-state index in [1.807, 2.05) is 49.3 Å². The average molecular weight is 380 g/mol. The van der Waals surface area contributed by atoms with E-state index < -0.39 is 0 Å². The van der Waals surface area contributed by atoms with Crippen LogP contribution in [-0.2, 0) is 0 Å². The number of benzene rings is 1. The molecular weight excluding hydrogens is 356 g/mol. The molecule has 0 saturated carbocycles. The third-order valence-electron chi connectivity index (χ3n) is 4.96. The molecule has 1 atom stereocenters. The van der Waals surface area contributed by atoms with Crippen LogP contribution in [0.4, 0.5) is 11.6 Å². The Morgan fingerprint density at radius 3 is 2.89 bits per heavy atom. The summed E-state index contributed by atoms with van der Waals surface area (Å²) in [5.74, 6) is 0.378. The first kappa shape index (κ1) is 18.2. The molecule has 1 fully saturated rings. The van der Waals surface area contributed by atoms with E-state index in [1.165, 1.54) is 0 Å². The summed E-state index contributed by atoms with van der Waals surface area (Å²) in [5, 5.41) is 14.5. The number of likely N-dealkylation sites (tertiary alicyclic amines) is 1. The van der Waals surface area contributed by atoms with Gasteiger partial charge in [-0.25, -0.2) is 4.68 Å². The largest absolute Gasteiger partial charge is 0.346 e. The van der Waals surface area contributed by atoms with Crippen molar-refractivity contribution in [3.05, 3.63) is 48.0 Å². The highest BCUT2D eigenvalue weighted by atomic mass is 16.1. The van der Waals surface area contributed by atoms with Crippen LogP contribution in [0.5, 0.6) is 0 Å². The molecule has 0 radical (unpaired) electrons. The molecule has 0 aliphatic carbocycles. The molecule has 1 unspecified atom stereocenters. The van der Waals surface area contributed by atoms with Crippen LogP contribution in [0.2, 0.25) is 0 Å². The summed E-state index contributed by atoms with van der Waals surface area (Å²) in [7, 11) is 5.87. The van der Waals surface area contributed by atoms with Crippen molar-refractivity contribution in [2.45, 2.75) is 18.9 Å². The lowest BCUT2D eigenvalue weighted by molar-refractivity contribution is 0.102. The molecule has 9 heteroatoms. The number of hydrogen-bond acceptors (Lipinski definition) is 6. The van der Waals surface area contributed by atoms with E-state index >= 15 is 0 Å². The fraction of sp³-hybridized carbons (Fsp3) is 0.368. The molecule has 1 aliphatic rings. The minimum Gasteiger partial charge on any atom is -0.346 e. The zero-order chi connectivity index (χ0) is 19.7. The lowest BCUT2D eigenvalue weighted by atomic mass is 10.1. The Labute approximate surface area is 163 Å². The number of carbonyl (C=O) groups is 1. The molecule has 1 aliphatic heterocycles. The van der Waals surface area contributed by atoms with Crippen LogP contribution in [0.15, 0.2) is 36.7 Å². The lowest BCUT2D eigenvalue weighted by Crippen LogP contribution is -2.17. The van der Waals surface area contributed by atoms with Crippen LogP contribution in [0, 0.1) is 0 Å². The van der Waals surface area contributed by atoms with Gasteiger partial charge in [-0.3, -0.25) is 14.8 Å². The third-order valence-corrected chi connectivity index (χ3v) is 4.96. The van der Waals surface area contributed by atoms with Crippen molar-refractivity contribution >= 4 is 17.5 Å². The minimum atomic E-state index is -0.243. The number of anilines is 2. The maximum atomic E-state index is 12.6. The molecule has 4 rings (SSSR count). The van der Waals surface area contributed by atoms with Crippen LogP contribution < -0.4 is 10.2 Å². The molecule has 0 spiro atoms. The van der Waals surface area contributed by atoms with Gasteiger partial charge >= 0.3 is 0 Å². The number of hydrogen-bond donors (Lipinski definition) is 2. The number of carbonyl (C=O) groups excluding carboxylic acids is 1. The third kappa shape index (κ3) is 3.61. The number of rotatable bonds is 5. The molecule has 1 aromatic carbocycles. The Kier molecular flexibility index (Phi) is 4.82. The molecule has 3 aromatic rings. The monoisotopic (exact) mass is 380 g/mol. The van der Waals surface area contributed by atoms with Crippen molar-refractivity contribution in [2.24, 2.45) is 0 Å². The van der Waals surface area contributed by atoms with E-state index in [4.69, 9.17) is 0 Å². The fourth-order valence-corrected chi connectivity index (χ4v) is 3.43. The summed E-state index contributed by atoms with van der Waals surface area (Å²) in [6, 6.07) is 9.61. The molecular formula is C19H24N8O. The van der Waals surface area contributed by atoms with Gasteiger partial charge in [0.1, 0.15) is 6.33 Å². The normalized spacial score (nSPS) is 17.0. The number of amides is 1. The highest BCUT2D eigenvalue weighted by molar-refractivity contribution is 6.03. The zero-order valence-electron chi connectivity index (χ0n) is 16.3. The molecule has 0 bridgehead atoms. The lowest BCUT2D eigenvalue weighted by Gasteiger charge is -2.16. The maximum Gasteiger partial charge on any atom is 0.276 e. The van der Waals surface area contributed by atoms with Crippen LogP contribution in [-0.4, -0.2) is 63.5 Å². The van der Waals surface area contributed by atoms with Crippen molar-refractivity contribution in [3.8, 4) is 5.69 Å². The second-order valence-corrected chi connectivity index (χ2v) is 7.24. The molecule has 9 nitrogen and oxygen atoms in total. The van der Waals surface area contributed by atoms with Gasteiger partial charge in [-0.1, -0.05) is 6.07 Å². The Bertz CT molecular complexity index is 976. The summed E-state index contributed by atoms with van der Waals surface area (Å²) in [4.78, 5) is 21.0. The van der Waals surface area contributed by atoms with E-state index in [2.05, 4.69) is 37.5 Å². The van der Waals surface area contributed by atoms with Crippen LogP contribution in [0.3, 0.4) is 0 Å². The SMILES string of the molecule is CN(C)c1ncn(-c2cccc(NC(=O)c3cc(C4CCCN4C)[nH]n3)c2)n1. The molecule has 1 saturated heterocycles. The van der Waals surface area contributed by atoms with Gasteiger partial charge in [0.15, 0.2) is 5.69 Å². The Hall–Kier alpha value is -3.20. The van der Waals surface area contributed by atoms with Gasteiger partial charge in [0.25, 0.3) is 5.91 Å².